The zero-order valence-electron chi connectivity index (χ0n) is 11.1. The van der Waals surface area contributed by atoms with Crippen LogP contribution < -0.4 is 11.1 Å². The molecule has 0 amide bonds. The maximum Gasteiger partial charge on any atom is 0.124 e. The van der Waals surface area contributed by atoms with Gasteiger partial charge < -0.3 is 11.1 Å². The highest BCUT2D eigenvalue weighted by molar-refractivity contribution is 7.80. The van der Waals surface area contributed by atoms with Gasteiger partial charge in [0.25, 0.3) is 0 Å². The van der Waals surface area contributed by atoms with Gasteiger partial charge in [-0.3, -0.25) is 9.67 Å². The highest BCUT2D eigenvalue weighted by Crippen LogP contribution is 2.15. The van der Waals surface area contributed by atoms with E-state index in [1.807, 2.05) is 30.1 Å². The molecule has 2 rings (SSSR count). The lowest BCUT2D eigenvalue weighted by Crippen LogP contribution is -2.15. The van der Waals surface area contributed by atoms with Crippen LogP contribution in [0, 0.1) is 0 Å². The van der Waals surface area contributed by atoms with Crippen LogP contribution in [0.3, 0.4) is 0 Å². The first-order chi connectivity index (χ1) is 9.11. The fourth-order valence-electron chi connectivity index (χ4n) is 1.96. The van der Waals surface area contributed by atoms with E-state index in [9.17, 15) is 0 Å². The molecule has 0 atom stereocenters. The number of nitrogens with one attached hydrogen (secondary N) is 1. The van der Waals surface area contributed by atoms with Crippen LogP contribution in [-0.2, 0) is 20.0 Å². The van der Waals surface area contributed by atoms with Crippen molar-refractivity contribution in [1.82, 2.24) is 14.8 Å². The Hall–Kier alpha value is -1.95. The van der Waals surface area contributed by atoms with E-state index in [4.69, 9.17) is 18.0 Å². The maximum atomic E-state index is 5.66. The zero-order chi connectivity index (χ0) is 13.8. The maximum absolute atomic E-state index is 5.66. The van der Waals surface area contributed by atoms with Crippen molar-refractivity contribution < 1.29 is 0 Å². The SMILES string of the molecule is CCc1nn(C)cc1CNc1cccnc1C(N)=S. The van der Waals surface area contributed by atoms with Gasteiger partial charge in [0.05, 0.1) is 11.4 Å². The molecule has 2 aromatic heterocycles. The highest BCUT2D eigenvalue weighted by atomic mass is 32.1. The van der Waals surface area contributed by atoms with Gasteiger partial charge in [-0.2, -0.15) is 5.10 Å². The monoisotopic (exact) mass is 275 g/mol. The van der Waals surface area contributed by atoms with Crippen LogP contribution in [0.1, 0.15) is 23.9 Å². The summed E-state index contributed by atoms with van der Waals surface area (Å²) in [7, 11) is 1.92. The molecule has 0 aliphatic heterocycles. The lowest BCUT2D eigenvalue weighted by atomic mass is 10.2. The summed E-state index contributed by atoms with van der Waals surface area (Å²) in [5.74, 6) is 0. The van der Waals surface area contributed by atoms with E-state index >= 15 is 0 Å². The molecule has 0 spiro atoms. The second kappa shape index (κ2) is 5.79. The van der Waals surface area contributed by atoms with E-state index in [2.05, 4.69) is 22.3 Å². The molecule has 0 unspecified atom stereocenters. The number of anilines is 1. The van der Waals surface area contributed by atoms with Crippen molar-refractivity contribution in [2.45, 2.75) is 19.9 Å². The Morgan fingerprint density at radius 3 is 3.00 bits per heavy atom. The van der Waals surface area contributed by atoms with Gasteiger partial charge in [0.2, 0.25) is 0 Å². The number of hydrogen-bond donors (Lipinski definition) is 2. The van der Waals surface area contributed by atoms with Crippen LogP contribution in [0.15, 0.2) is 24.5 Å². The lowest BCUT2D eigenvalue weighted by Gasteiger charge is -2.09. The van der Waals surface area contributed by atoms with Gasteiger partial charge in [-0.15, -0.1) is 0 Å². The standard InChI is InChI=1S/C13H17N5S/c1-3-10-9(8-18(2)17-10)7-16-11-5-4-6-15-12(11)13(14)19/h4-6,8,16H,3,7H2,1-2H3,(H2,14,19). The Morgan fingerprint density at radius 1 is 1.53 bits per heavy atom. The molecule has 6 heteroatoms. The van der Waals surface area contributed by atoms with E-state index in [1.54, 1.807) is 6.20 Å². The van der Waals surface area contributed by atoms with Crippen molar-refractivity contribution in [3.63, 3.8) is 0 Å². The Bertz CT molecular complexity index is 590. The summed E-state index contributed by atoms with van der Waals surface area (Å²) in [5.41, 5.74) is 9.39. The smallest absolute Gasteiger partial charge is 0.124 e. The predicted molar refractivity (Wildman–Crippen MR) is 80.0 cm³/mol. The first-order valence-electron chi connectivity index (χ1n) is 6.12. The van der Waals surface area contributed by atoms with Crippen LogP contribution >= 0.6 is 12.2 Å². The summed E-state index contributed by atoms with van der Waals surface area (Å²) in [6.07, 6.45) is 4.61. The molecule has 0 saturated carbocycles. The minimum atomic E-state index is 0.296. The van der Waals surface area contributed by atoms with Gasteiger partial charge in [-0.05, 0) is 18.6 Å². The van der Waals surface area contributed by atoms with Gasteiger partial charge in [-0.25, -0.2) is 0 Å². The van der Waals surface area contributed by atoms with Crippen LogP contribution in [0.25, 0.3) is 0 Å². The first kappa shape index (κ1) is 13.5. The third kappa shape index (κ3) is 3.08. The van der Waals surface area contributed by atoms with E-state index in [-0.39, 0.29) is 0 Å². The third-order valence-electron chi connectivity index (χ3n) is 2.84. The van der Waals surface area contributed by atoms with Crippen LogP contribution in [0.5, 0.6) is 0 Å². The lowest BCUT2D eigenvalue weighted by molar-refractivity contribution is 0.746. The zero-order valence-corrected chi connectivity index (χ0v) is 11.9. The van der Waals surface area contributed by atoms with Crippen molar-refractivity contribution in [1.29, 1.82) is 0 Å². The molecule has 0 bridgehead atoms. The van der Waals surface area contributed by atoms with E-state index in [0.29, 0.717) is 17.2 Å². The van der Waals surface area contributed by atoms with Crippen molar-refractivity contribution in [2.24, 2.45) is 12.8 Å². The predicted octanol–water partition coefficient (Wildman–Crippen LogP) is 1.62. The number of aryl methyl sites for hydroxylation is 2. The number of hydrogen-bond acceptors (Lipinski definition) is 4. The molecule has 0 aromatic carbocycles. The van der Waals surface area contributed by atoms with Crippen molar-refractivity contribution in [3.8, 4) is 0 Å². The molecule has 0 aliphatic rings. The first-order valence-corrected chi connectivity index (χ1v) is 6.52. The molecular weight excluding hydrogens is 258 g/mol. The average molecular weight is 275 g/mol. The molecule has 2 heterocycles. The summed E-state index contributed by atoms with van der Waals surface area (Å²) < 4.78 is 1.83. The molecule has 2 aromatic rings. The van der Waals surface area contributed by atoms with Crippen molar-refractivity contribution in [2.75, 3.05) is 5.32 Å². The third-order valence-corrected chi connectivity index (χ3v) is 3.03. The van der Waals surface area contributed by atoms with Crippen LogP contribution in [0.2, 0.25) is 0 Å². The van der Waals surface area contributed by atoms with Gasteiger partial charge in [0.15, 0.2) is 0 Å². The minimum Gasteiger partial charge on any atom is -0.388 e. The number of thiocarbonyl (C=S) groups is 1. The molecule has 0 radical (unpaired) electrons. The van der Waals surface area contributed by atoms with E-state index in [1.165, 1.54) is 5.56 Å². The Labute approximate surface area is 117 Å². The quantitative estimate of drug-likeness (QED) is 0.812. The summed E-state index contributed by atoms with van der Waals surface area (Å²) in [6.45, 7) is 2.77. The second-order valence-corrected chi connectivity index (χ2v) is 4.69. The molecule has 100 valence electrons. The van der Waals surface area contributed by atoms with Crippen LogP contribution in [-0.4, -0.2) is 19.8 Å². The molecule has 0 saturated heterocycles. The largest absolute Gasteiger partial charge is 0.388 e. The summed E-state index contributed by atoms with van der Waals surface area (Å²) in [6, 6.07) is 3.78. The Kier molecular flexibility index (Phi) is 4.11. The topological polar surface area (TPSA) is 68.8 Å². The molecule has 19 heavy (non-hydrogen) atoms. The number of aromatic nitrogens is 3. The normalized spacial score (nSPS) is 10.4. The summed E-state index contributed by atoms with van der Waals surface area (Å²) >= 11 is 4.99. The Morgan fingerprint density at radius 2 is 2.32 bits per heavy atom. The van der Waals surface area contributed by atoms with E-state index < -0.39 is 0 Å². The van der Waals surface area contributed by atoms with E-state index in [0.717, 1.165) is 17.8 Å². The van der Waals surface area contributed by atoms with Gasteiger partial charge >= 0.3 is 0 Å². The van der Waals surface area contributed by atoms with Crippen molar-refractivity contribution >= 4 is 22.9 Å². The van der Waals surface area contributed by atoms with Gasteiger partial charge in [0.1, 0.15) is 10.7 Å². The molecule has 0 aliphatic carbocycles. The highest BCUT2D eigenvalue weighted by Gasteiger charge is 2.08. The van der Waals surface area contributed by atoms with Crippen molar-refractivity contribution in [3.05, 3.63) is 41.5 Å². The van der Waals surface area contributed by atoms with Crippen LogP contribution in [0.4, 0.5) is 5.69 Å². The van der Waals surface area contributed by atoms with Gasteiger partial charge in [0, 0.05) is 31.5 Å². The molecule has 5 nitrogen and oxygen atoms in total. The number of nitrogens with zero attached hydrogens (tertiary/aromatic N) is 3. The minimum absolute atomic E-state index is 0.296. The molecular formula is C13H17N5S. The average Bonchev–Trinajstić information content (AvgIpc) is 2.77. The fraction of sp³-hybridized carbons (Fsp3) is 0.308. The van der Waals surface area contributed by atoms with Gasteiger partial charge in [-0.1, -0.05) is 19.1 Å². The Balaban J connectivity index is 2.16. The molecule has 0 fully saturated rings. The fourth-order valence-corrected chi connectivity index (χ4v) is 2.13. The number of pyridine rings is 1. The molecule has 3 N–H and O–H groups in total. The number of nitrogens with two attached hydrogens (primary N) is 1. The summed E-state index contributed by atoms with van der Waals surface area (Å²) in [4.78, 5) is 4.49. The second-order valence-electron chi connectivity index (χ2n) is 4.25. The summed E-state index contributed by atoms with van der Waals surface area (Å²) in [5, 5.41) is 7.73. The number of rotatable bonds is 5.